The van der Waals surface area contributed by atoms with Gasteiger partial charge < -0.3 is 35.4 Å². The predicted molar refractivity (Wildman–Crippen MR) is 153 cm³/mol. The zero-order valence-electron chi connectivity index (χ0n) is 22.6. The van der Waals surface area contributed by atoms with Gasteiger partial charge in [0.25, 0.3) is 11.8 Å². The van der Waals surface area contributed by atoms with Crippen LogP contribution in [-0.4, -0.2) is 89.9 Å². The van der Waals surface area contributed by atoms with Crippen LogP contribution in [0.25, 0.3) is 0 Å². The number of aliphatic hydroxyl groups excluding tert-OH is 1. The number of nitrogens with zero attached hydrogens (tertiary/aromatic N) is 2. The molecule has 2 aliphatic heterocycles. The van der Waals surface area contributed by atoms with E-state index in [1.807, 2.05) is 9.80 Å². The van der Waals surface area contributed by atoms with E-state index < -0.39 is 17.7 Å². The molecule has 0 aromatic heterocycles. The Kier molecular flexibility index (Phi) is 9.14. The van der Waals surface area contributed by atoms with Crippen LogP contribution in [0.2, 0.25) is 10.0 Å². The van der Waals surface area contributed by atoms with E-state index in [1.165, 1.54) is 27.0 Å². The van der Waals surface area contributed by atoms with Gasteiger partial charge >= 0.3 is 5.97 Å². The van der Waals surface area contributed by atoms with Crippen LogP contribution in [-0.2, 0) is 4.79 Å². The van der Waals surface area contributed by atoms with E-state index in [4.69, 9.17) is 27.9 Å². The third-order valence-corrected chi connectivity index (χ3v) is 7.90. The summed E-state index contributed by atoms with van der Waals surface area (Å²) in [4.78, 5) is 40.8. The smallest absolute Gasteiger partial charge is 0.347 e. The van der Waals surface area contributed by atoms with Crippen LogP contribution in [0.1, 0.15) is 47.4 Å². The lowest BCUT2D eigenvalue weighted by atomic mass is 10.0. The summed E-state index contributed by atoms with van der Waals surface area (Å²) in [5.74, 6) is -1.44. The summed E-state index contributed by atoms with van der Waals surface area (Å²) in [6, 6.07) is 9.67. The number of rotatable bonds is 8. The van der Waals surface area contributed by atoms with Crippen LogP contribution in [0.3, 0.4) is 0 Å². The van der Waals surface area contributed by atoms with Crippen molar-refractivity contribution in [1.29, 1.82) is 0 Å². The summed E-state index contributed by atoms with van der Waals surface area (Å²) in [7, 11) is 1.51. The van der Waals surface area contributed by atoms with Gasteiger partial charge in [-0.3, -0.25) is 9.59 Å². The molecule has 4 N–H and O–H groups in total. The summed E-state index contributed by atoms with van der Waals surface area (Å²) in [5, 5.41) is 27.2. The average molecular weight is 594 g/mol. The molecular formula is C28H34Cl2N4O6. The standard InChI is InChI=1S/C28H34Cl2N4O6/c1-28(2,27(38)39)40-24-13-22(19(12-20(24)30)25(36)31-3)34-14-21(23(35)15-34)32-18-8-10-33(11-9-18)26(37)16-4-6-17(29)7-5-16/h4-7,12-13,18,21,23,32,35H,8-11,14-15H2,1-3H3,(H,31,36)(H,38,39)/t21?,23-/m1/s1. The minimum atomic E-state index is -1.55. The second-order valence-corrected chi connectivity index (χ2v) is 11.5. The van der Waals surface area contributed by atoms with E-state index in [2.05, 4.69) is 10.6 Å². The lowest BCUT2D eigenvalue weighted by Gasteiger charge is -2.34. The molecule has 2 saturated heterocycles. The fourth-order valence-electron chi connectivity index (χ4n) is 4.99. The van der Waals surface area contributed by atoms with E-state index >= 15 is 0 Å². The number of anilines is 1. The van der Waals surface area contributed by atoms with Gasteiger partial charge in [-0.05, 0) is 57.0 Å². The van der Waals surface area contributed by atoms with Gasteiger partial charge in [0.05, 0.1) is 28.4 Å². The molecule has 0 spiro atoms. The topological polar surface area (TPSA) is 131 Å². The van der Waals surface area contributed by atoms with Crippen molar-refractivity contribution in [2.24, 2.45) is 0 Å². The normalized spacial score (nSPS) is 19.9. The molecule has 2 aliphatic rings. The number of aliphatic hydroxyl groups is 1. The molecule has 2 aromatic carbocycles. The van der Waals surface area contributed by atoms with Crippen molar-refractivity contribution in [3.05, 3.63) is 57.6 Å². The molecule has 2 fully saturated rings. The van der Waals surface area contributed by atoms with Crippen molar-refractivity contribution in [2.45, 2.75) is 50.5 Å². The first kappa shape index (κ1) is 29.9. The Labute approximate surface area is 243 Å². The fraction of sp³-hybridized carbons (Fsp3) is 0.464. The fourth-order valence-corrected chi connectivity index (χ4v) is 5.32. The van der Waals surface area contributed by atoms with Crippen molar-refractivity contribution >= 4 is 46.7 Å². The molecule has 2 heterocycles. The van der Waals surface area contributed by atoms with Crippen molar-refractivity contribution in [1.82, 2.24) is 15.5 Å². The molecular weight excluding hydrogens is 559 g/mol. The van der Waals surface area contributed by atoms with Crippen molar-refractivity contribution < 1.29 is 29.3 Å². The second kappa shape index (κ2) is 12.2. The number of ether oxygens (including phenoxy) is 1. The molecule has 2 atom stereocenters. The number of β-amino-alcohol motifs (C(OH)–C–C–N with tert-alkyl or cyclic N) is 1. The van der Waals surface area contributed by atoms with Gasteiger partial charge in [-0.1, -0.05) is 23.2 Å². The van der Waals surface area contributed by atoms with Gasteiger partial charge in [-0.2, -0.15) is 0 Å². The molecule has 10 nitrogen and oxygen atoms in total. The summed E-state index contributed by atoms with van der Waals surface area (Å²) in [5.41, 5.74) is -0.183. The van der Waals surface area contributed by atoms with Crippen molar-refractivity contribution in [3.63, 3.8) is 0 Å². The first-order valence-electron chi connectivity index (χ1n) is 13.1. The molecule has 1 unspecified atom stereocenters. The van der Waals surface area contributed by atoms with Crippen LogP contribution in [0.5, 0.6) is 5.75 Å². The number of piperidine rings is 1. The predicted octanol–water partition coefficient (Wildman–Crippen LogP) is 3.04. The highest BCUT2D eigenvalue weighted by Gasteiger charge is 2.37. The maximum atomic E-state index is 12.8. The lowest BCUT2D eigenvalue weighted by molar-refractivity contribution is -0.152. The molecule has 216 valence electrons. The highest BCUT2D eigenvalue weighted by atomic mass is 35.5. The number of hydrogen-bond acceptors (Lipinski definition) is 7. The Morgan fingerprint density at radius 3 is 2.30 bits per heavy atom. The maximum Gasteiger partial charge on any atom is 0.347 e. The average Bonchev–Trinajstić information content (AvgIpc) is 3.29. The Hall–Kier alpha value is -3.05. The Morgan fingerprint density at radius 2 is 1.70 bits per heavy atom. The number of likely N-dealkylation sites (tertiary alicyclic amines) is 1. The van der Waals surface area contributed by atoms with Gasteiger partial charge in [-0.15, -0.1) is 0 Å². The first-order valence-corrected chi connectivity index (χ1v) is 13.9. The number of hydrogen-bond donors (Lipinski definition) is 4. The number of nitrogens with one attached hydrogen (secondary N) is 2. The van der Waals surface area contributed by atoms with E-state index in [-0.39, 0.29) is 46.8 Å². The summed E-state index contributed by atoms with van der Waals surface area (Å²) in [6.07, 6.45) is 0.742. The van der Waals surface area contributed by atoms with E-state index in [0.717, 1.165) is 12.8 Å². The van der Waals surface area contributed by atoms with Gasteiger partial charge in [0, 0.05) is 55.9 Å². The molecule has 2 amide bonds. The van der Waals surface area contributed by atoms with Crippen LogP contribution < -0.4 is 20.3 Å². The van der Waals surface area contributed by atoms with Gasteiger partial charge in [0.2, 0.25) is 0 Å². The molecule has 0 saturated carbocycles. The number of halogens is 2. The molecule has 0 bridgehead atoms. The molecule has 4 rings (SSSR count). The molecule has 2 aromatic rings. The number of carboxylic acid groups (broad SMARTS) is 1. The SMILES string of the molecule is CNC(=O)c1cc(Cl)c(OC(C)(C)C(=O)O)cc1N1CC(NC2CCN(C(=O)c3ccc(Cl)cc3)CC2)[C@H](O)C1. The molecule has 40 heavy (non-hydrogen) atoms. The minimum Gasteiger partial charge on any atom is -0.478 e. The minimum absolute atomic E-state index is 0.0317. The summed E-state index contributed by atoms with van der Waals surface area (Å²) < 4.78 is 5.70. The number of benzene rings is 2. The zero-order valence-corrected chi connectivity index (χ0v) is 24.1. The number of aliphatic carboxylic acids is 1. The van der Waals surface area contributed by atoms with Crippen LogP contribution in [0.15, 0.2) is 36.4 Å². The summed E-state index contributed by atoms with van der Waals surface area (Å²) in [6.45, 7) is 4.64. The molecule has 0 aliphatic carbocycles. The van der Waals surface area contributed by atoms with Crippen molar-refractivity contribution in [2.75, 3.05) is 38.1 Å². The second-order valence-electron chi connectivity index (χ2n) is 10.6. The lowest BCUT2D eigenvalue weighted by Crippen LogP contribution is -2.50. The maximum absolute atomic E-state index is 12.8. The van der Waals surface area contributed by atoms with E-state index in [1.54, 1.807) is 30.3 Å². The highest BCUT2D eigenvalue weighted by molar-refractivity contribution is 6.32. The number of carbonyl (C=O) groups excluding carboxylic acids is 2. The largest absolute Gasteiger partial charge is 0.478 e. The van der Waals surface area contributed by atoms with Crippen LogP contribution in [0, 0.1) is 0 Å². The van der Waals surface area contributed by atoms with Crippen LogP contribution >= 0.6 is 23.2 Å². The van der Waals surface area contributed by atoms with Crippen molar-refractivity contribution in [3.8, 4) is 5.75 Å². The zero-order chi connectivity index (χ0) is 29.2. The van der Waals surface area contributed by atoms with Crippen LogP contribution in [0.4, 0.5) is 5.69 Å². The quantitative estimate of drug-likeness (QED) is 0.368. The van der Waals surface area contributed by atoms with E-state index in [0.29, 0.717) is 35.9 Å². The van der Waals surface area contributed by atoms with Gasteiger partial charge in [0.15, 0.2) is 5.60 Å². The third kappa shape index (κ3) is 6.63. The number of carbonyl (C=O) groups is 3. The van der Waals surface area contributed by atoms with Gasteiger partial charge in [0.1, 0.15) is 5.75 Å². The Bertz CT molecular complexity index is 1260. The molecule has 12 heteroatoms. The number of amides is 2. The van der Waals surface area contributed by atoms with E-state index in [9.17, 15) is 24.6 Å². The molecule has 0 radical (unpaired) electrons. The summed E-state index contributed by atoms with van der Waals surface area (Å²) >= 11 is 12.3. The Morgan fingerprint density at radius 1 is 1.05 bits per heavy atom. The first-order chi connectivity index (χ1) is 18.9. The highest BCUT2D eigenvalue weighted by Crippen LogP contribution is 2.37. The van der Waals surface area contributed by atoms with Gasteiger partial charge in [-0.25, -0.2) is 4.79 Å². The monoisotopic (exact) mass is 592 g/mol. The Balaban J connectivity index is 1.44. The third-order valence-electron chi connectivity index (χ3n) is 7.35. The number of carboxylic acids is 1.